The first-order valence-corrected chi connectivity index (χ1v) is 8.85. The molecule has 0 aliphatic carbocycles. The van der Waals surface area contributed by atoms with Crippen LogP contribution in [0.1, 0.15) is 34.6 Å². The third-order valence-electron chi connectivity index (χ3n) is 4.73. The molecule has 0 bridgehead atoms. The van der Waals surface area contributed by atoms with Crippen molar-refractivity contribution in [3.63, 3.8) is 0 Å². The maximum absolute atomic E-state index is 5.70. The molecule has 0 saturated carbocycles. The molecule has 5 heteroatoms. The van der Waals surface area contributed by atoms with Crippen LogP contribution in [0.4, 0.5) is 5.82 Å². The number of aryl methyl sites for hydroxylation is 2. The molecule has 2 aromatic rings. The van der Waals surface area contributed by atoms with Gasteiger partial charge in [-0.2, -0.15) is 0 Å². The highest BCUT2D eigenvalue weighted by atomic mass is 16.5. The van der Waals surface area contributed by atoms with Gasteiger partial charge in [-0.1, -0.05) is 12.1 Å². The van der Waals surface area contributed by atoms with Crippen LogP contribution in [0.25, 0.3) is 0 Å². The minimum atomic E-state index is 0.781. The fraction of sp³-hybridized carbons (Fsp3) is 0.474. The summed E-state index contributed by atoms with van der Waals surface area (Å²) < 4.78 is 5.70. The smallest absolute Gasteiger partial charge is 0.133 e. The van der Waals surface area contributed by atoms with Crippen molar-refractivity contribution in [2.24, 2.45) is 0 Å². The van der Waals surface area contributed by atoms with Crippen LogP contribution in [0, 0.1) is 6.92 Å². The minimum absolute atomic E-state index is 0.781. The van der Waals surface area contributed by atoms with Crippen LogP contribution < -0.4 is 15.4 Å². The second-order valence-electron chi connectivity index (χ2n) is 6.54. The third-order valence-corrected chi connectivity index (χ3v) is 4.73. The summed E-state index contributed by atoms with van der Waals surface area (Å²) in [6.45, 7) is 5.58. The monoisotopic (exact) mass is 324 g/mol. The van der Waals surface area contributed by atoms with Crippen LogP contribution in [-0.2, 0) is 25.8 Å². The molecule has 5 nitrogen and oxygen atoms in total. The van der Waals surface area contributed by atoms with E-state index in [1.165, 1.54) is 22.4 Å². The van der Waals surface area contributed by atoms with Crippen LogP contribution in [0.2, 0.25) is 0 Å². The van der Waals surface area contributed by atoms with E-state index >= 15 is 0 Å². The predicted molar refractivity (Wildman–Crippen MR) is 94.6 cm³/mol. The van der Waals surface area contributed by atoms with Gasteiger partial charge < -0.3 is 15.4 Å². The third kappa shape index (κ3) is 3.22. The van der Waals surface area contributed by atoms with Crippen LogP contribution in [0.3, 0.4) is 0 Å². The Bertz CT molecular complexity index is 744. The van der Waals surface area contributed by atoms with E-state index < -0.39 is 0 Å². The number of nitrogens with one attached hydrogen (secondary N) is 2. The highest BCUT2D eigenvalue weighted by Crippen LogP contribution is 2.26. The molecular formula is C19H24N4O. The van der Waals surface area contributed by atoms with E-state index in [0.717, 1.165) is 69.3 Å². The van der Waals surface area contributed by atoms with Gasteiger partial charge in [-0.3, -0.25) is 0 Å². The topological polar surface area (TPSA) is 59.1 Å². The molecule has 3 heterocycles. The average molecular weight is 324 g/mol. The van der Waals surface area contributed by atoms with Crippen LogP contribution in [0.5, 0.6) is 5.75 Å². The molecule has 0 unspecified atom stereocenters. The van der Waals surface area contributed by atoms with E-state index in [2.05, 4.69) is 38.8 Å². The van der Waals surface area contributed by atoms with Gasteiger partial charge in [0.25, 0.3) is 0 Å². The number of anilines is 1. The fourth-order valence-corrected chi connectivity index (χ4v) is 3.52. The van der Waals surface area contributed by atoms with E-state index in [0.29, 0.717) is 0 Å². The lowest BCUT2D eigenvalue weighted by Gasteiger charge is -2.18. The molecule has 0 saturated heterocycles. The lowest BCUT2D eigenvalue weighted by Crippen LogP contribution is -2.16. The number of hydrogen-bond acceptors (Lipinski definition) is 5. The standard InChI is InChI=1S/C19H24N4O/c1-13-22-17-7-9-20-8-6-16(17)19(23-13)21-12-14-4-5-18-15(11-14)3-2-10-24-18/h4-5,11,20H,2-3,6-10,12H2,1H3,(H,21,22,23). The Hall–Kier alpha value is -2.14. The van der Waals surface area contributed by atoms with E-state index in [4.69, 9.17) is 4.74 Å². The van der Waals surface area contributed by atoms with Crippen molar-refractivity contribution in [1.29, 1.82) is 0 Å². The van der Waals surface area contributed by atoms with Crippen molar-refractivity contribution in [1.82, 2.24) is 15.3 Å². The van der Waals surface area contributed by atoms with Gasteiger partial charge in [0.05, 0.1) is 12.3 Å². The van der Waals surface area contributed by atoms with E-state index in [1.54, 1.807) is 0 Å². The molecule has 2 aliphatic heterocycles. The van der Waals surface area contributed by atoms with Gasteiger partial charge in [-0.25, -0.2) is 9.97 Å². The molecule has 24 heavy (non-hydrogen) atoms. The number of nitrogens with zero attached hydrogens (tertiary/aromatic N) is 2. The van der Waals surface area contributed by atoms with Crippen molar-refractivity contribution in [2.45, 2.75) is 39.2 Å². The fourth-order valence-electron chi connectivity index (χ4n) is 3.52. The van der Waals surface area contributed by atoms with Gasteiger partial charge in [0, 0.05) is 25.1 Å². The quantitative estimate of drug-likeness (QED) is 0.908. The summed E-state index contributed by atoms with van der Waals surface area (Å²) in [6.07, 6.45) is 4.17. The summed E-state index contributed by atoms with van der Waals surface area (Å²) in [5.74, 6) is 2.88. The molecule has 1 aromatic carbocycles. The maximum atomic E-state index is 5.70. The van der Waals surface area contributed by atoms with Crippen molar-refractivity contribution in [3.8, 4) is 5.75 Å². The van der Waals surface area contributed by atoms with Crippen LogP contribution in [0.15, 0.2) is 18.2 Å². The highest BCUT2D eigenvalue weighted by molar-refractivity contribution is 5.48. The van der Waals surface area contributed by atoms with Gasteiger partial charge in [-0.05, 0) is 49.9 Å². The summed E-state index contributed by atoms with van der Waals surface area (Å²) in [5, 5.41) is 6.98. The van der Waals surface area contributed by atoms with E-state index in [1.807, 2.05) is 6.92 Å². The largest absolute Gasteiger partial charge is 0.493 e. The zero-order valence-electron chi connectivity index (χ0n) is 14.2. The molecule has 0 amide bonds. The molecular weight excluding hydrogens is 300 g/mol. The number of fused-ring (bicyclic) bond motifs is 2. The van der Waals surface area contributed by atoms with Crippen LogP contribution in [-0.4, -0.2) is 29.7 Å². The Balaban J connectivity index is 1.54. The number of ether oxygens (including phenoxy) is 1. The van der Waals surface area contributed by atoms with Gasteiger partial charge in [0.2, 0.25) is 0 Å². The first-order chi connectivity index (χ1) is 11.8. The summed E-state index contributed by atoms with van der Waals surface area (Å²) in [4.78, 5) is 9.30. The first kappa shape index (κ1) is 15.4. The average Bonchev–Trinajstić information content (AvgIpc) is 2.85. The molecule has 0 radical (unpaired) electrons. The minimum Gasteiger partial charge on any atom is -0.493 e. The molecule has 2 N–H and O–H groups in total. The van der Waals surface area contributed by atoms with Crippen LogP contribution >= 0.6 is 0 Å². The molecule has 0 fully saturated rings. The lowest BCUT2D eigenvalue weighted by atomic mass is 10.0. The zero-order valence-corrected chi connectivity index (χ0v) is 14.2. The predicted octanol–water partition coefficient (Wildman–Crippen LogP) is 2.41. The summed E-state index contributed by atoms with van der Waals surface area (Å²) in [6, 6.07) is 6.50. The molecule has 0 atom stereocenters. The summed E-state index contributed by atoms with van der Waals surface area (Å²) in [7, 11) is 0. The number of rotatable bonds is 3. The Morgan fingerprint density at radius 3 is 3.04 bits per heavy atom. The van der Waals surface area contributed by atoms with Gasteiger partial charge in [0.1, 0.15) is 17.4 Å². The number of aromatic nitrogens is 2. The summed E-state index contributed by atoms with van der Waals surface area (Å²) >= 11 is 0. The summed E-state index contributed by atoms with van der Waals surface area (Å²) in [5.41, 5.74) is 5.05. The molecule has 1 aromatic heterocycles. The highest BCUT2D eigenvalue weighted by Gasteiger charge is 2.16. The number of hydrogen-bond donors (Lipinski definition) is 2. The second-order valence-corrected chi connectivity index (χ2v) is 6.54. The lowest BCUT2D eigenvalue weighted by molar-refractivity contribution is 0.288. The Morgan fingerprint density at radius 1 is 1.17 bits per heavy atom. The van der Waals surface area contributed by atoms with Crippen molar-refractivity contribution in [2.75, 3.05) is 25.0 Å². The van der Waals surface area contributed by atoms with Crippen molar-refractivity contribution in [3.05, 3.63) is 46.4 Å². The molecule has 126 valence electrons. The van der Waals surface area contributed by atoms with Gasteiger partial charge in [0.15, 0.2) is 0 Å². The van der Waals surface area contributed by atoms with Crippen molar-refractivity contribution >= 4 is 5.82 Å². The first-order valence-electron chi connectivity index (χ1n) is 8.85. The SMILES string of the molecule is Cc1nc2c(c(NCc3ccc4c(c3)CCCO4)n1)CCNCC2. The van der Waals surface area contributed by atoms with Crippen molar-refractivity contribution < 1.29 is 4.74 Å². The Kier molecular flexibility index (Phi) is 4.34. The second kappa shape index (κ2) is 6.77. The Morgan fingerprint density at radius 2 is 2.08 bits per heavy atom. The Labute approximate surface area is 142 Å². The molecule has 0 spiro atoms. The maximum Gasteiger partial charge on any atom is 0.133 e. The van der Waals surface area contributed by atoms with E-state index in [-0.39, 0.29) is 0 Å². The zero-order chi connectivity index (χ0) is 16.4. The molecule has 2 aliphatic rings. The van der Waals surface area contributed by atoms with Gasteiger partial charge >= 0.3 is 0 Å². The number of benzene rings is 1. The normalized spacial score (nSPS) is 16.5. The molecule has 4 rings (SSSR count). The van der Waals surface area contributed by atoms with Gasteiger partial charge in [-0.15, -0.1) is 0 Å². The van der Waals surface area contributed by atoms with E-state index in [9.17, 15) is 0 Å².